The van der Waals surface area contributed by atoms with Gasteiger partial charge < -0.3 is 9.47 Å². The molecular weight excluding hydrogens is 232 g/mol. The van der Waals surface area contributed by atoms with Crippen LogP contribution in [0.2, 0.25) is 0 Å². The molecule has 0 aliphatic carbocycles. The van der Waals surface area contributed by atoms with E-state index < -0.39 is 11.6 Å². The summed E-state index contributed by atoms with van der Waals surface area (Å²) in [6.45, 7) is 4.18. The summed E-state index contributed by atoms with van der Waals surface area (Å²) in [4.78, 5) is 10.6. The van der Waals surface area contributed by atoms with E-state index in [1.54, 1.807) is 7.11 Å². The maximum Gasteiger partial charge on any atom is 0.346 e. The minimum atomic E-state index is -1.05. The van der Waals surface area contributed by atoms with Crippen LogP contribution in [0.15, 0.2) is 30.3 Å². The molecule has 4 nitrogen and oxygen atoms in total. The number of ether oxygens (including phenoxy) is 2. The van der Waals surface area contributed by atoms with Gasteiger partial charge in [-0.2, -0.15) is 4.89 Å². The molecule has 3 rings (SSSR count). The van der Waals surface area contributed by atoms with Gasteiger partial charge in [0.1, 0.15) is 0 Å². The van der Waals surface area contributed by atoms with Crippen LogP contribution >= 0.6 is 0 Å². The molecule has 0 aromatic heterocycles. The van der Waals surface area contributed by atoms with Crippen LogP contribution in [-0.4, -0.2) is 18.7 Å². The van der Waals surface area contributed by atoms with Crippen LogP contribution in [-0.2, 0) is 19.2 Å². The van der Waals surface area contributed by atoms with E-state index in [-0.39, 0.29) is 12.0 Å². The number of fused-ring (bicyclic) bond motifs is 1. The van der Waals surface area contributed by atoms with Gasteiger partial charge in [-0.05, 0) is 11.5 Å². The van der Waals surface area contributed by atoms with Crippen LogP contribution in [0.4, 0.5) is 0 Å². The molecule has 1 aromatic rings. The molecule has 98 valence electrons. The van der Waals surface area contributed by atoms with Crippen molar-refractivity contribution in [1.82, 2.24) is 0 Å². The van der Waals surface area contributed by atoms with Crippen molar-refractivity contribution >= 4 is 0 Å². The van der Waals surface area contributed by atoms with Gasteiger partial charge >= 0.3 is 5.97 Å². The molecule has 2 aliphatic heterocycles. The second kappa shape index (κ2) is 4.03. The first-order valence-electron chi connectivity index (χ1n) is 6.28. The average molecular weight is 250 g/mol. The predicted molar refractivity (Wildman–Crippen MR) is 64.4 cm³/mol. The lowest BCUT2D eigenvalue weighted by Gasteiger charge is -2.50. The average Bonchev–Trinajstić information content (AvgIpc) is 2.61. The third kappa shape index (κ3) is 1.40. The maximum absolute atomic E-state index is 5.98. The van der Waals surface area contributed by atoms with E-state index >= 15 is 0 Å². The molecule has 0 N–H and O–H groups in total. The molecule has 0 bridgehead atoms. The molecular formula is C14H18O4. The lowest BCUT2D eigenvalue weighted by Crippen LogP contribution is -2.68. The Morgan fingerprint density at radius 2 is 1.94 bits per heavy atom. The van der Waals surface area contributed by atoms with Crippen molar-refractivity contribution in [3.8, 4) is 0 Å². The van der Waals surface area contributed by atoms with Gasteiger partial charge in [0.05, 0.1) is 6.10 Å². The SMILES string of the molecule is COC12OOC1(C(C)C)CC(c1ccccc1)O2. The number of rotatable bonds is 3. The molecule has 1 aromatic carbocycles. The number of methoxy groups -OCH3 is 1. The van der Waals surface area contributed by atoms with Gasteiger partial charge in [-0.15, -0.1) is 0 Å². The summed E-state index contributed by atoms with van der Waals surface area (Å²) in [6, 6.07) is 10.1. The van der Waals surface area contributed by atoms with E-state index in [0.717, 1.165) is 12.0 Å². The molecule has 3 atom stereocenters. The summed E-state index contributed by atoms with van der Waals surface area (Å²) in [7, 11) is 1.59. The minimum Gasteiger partial charge on any atom is -0.327 e. The van der Waals surface area contributed by atoms with E-state index in [1.165, 1.54) is 0 Å². The molecule has 3 unspecified atom stereocenters. The number of hydrogen-bond acceptors (Lipinski definition) is 4. The molecule has 4 heteroatoms. The second-order valence-electron chi connectivity index (χ2n) is 5.19. The van der Waals surface area contributed by atoms with Crippen molar-refractivity contribution < 1.29 is 19.2 Å². The molecule has 0 radical (unpaired) electrons. The van der Waals surface area contributed by atoms with E-state index in [9.17, 15) is 0 Å². The fourth-order valence-corrected chi connectivity index (χ4v) is 2.79. The highest BCUT2D eigenvalue weighted by molar-refractivity contribution is 5.21. The molecule has 2 aliphatic rings. The molecule has 0 spiro atoms. The zero-order chi connectivity index (χ0) is 12.8. The first-order valence-corrected chi connectivity index (χ1v) is 6.28. The van der Waals surface area contributed by atoms with Gasteiger partial charge in [-0.3, -0.25) is 0 Å². The molecule has 0 amide bonds. The van der Waals surface area contributed by atoms with Crippen LogP contribution in [0.1, 0.15) is 31.9 Å². The zero-order valence-electron chi connectivity index (χ0n) is 10.9. The number of hydrogen-bond donors (Lipinski definition) is 0. The Morgan fingerprint density at radius 1 is 1.22 bits per heavy atom. The Bertz CT molecular complexity index is 429. The molecule has 2 fully saturated rings. The van der Waals surface area contributed by atoms with E-state index in [1.807, 2.05) is 30.3 Å². The van der Waals surface area contributed by atoms with Crippen molar-refractivity contribution in [1.29, 1.82) is 0 Å². The first-order chi connectivity index (χ1) is 8.63. The Hall–Kier alpha value is -0.940. The Balaban J connectivity index is 1.92. The van der Waals surface area contributed by atoms with Crippen LogP contribution < -0.4 is 0 Å². The molecule has 2 heterocycles. The Kier molecular flexibility index (Phi) is 2.71. The smallest absolute Gasteiger partial charge is 0.327 e. The minimum absolute atomic E-state index is 0.0592. The lowest BCUT2D eigenvalue weighted by atomic mass is 9.83. The topological polar surface area (TPSA) is 36.9 Å². The lowest BCUT2D eigenvalue weighted by molar-refractivity contribution is -0.658. The quantitative estimate of drug-likeness (QED) is 0.773. The second-order valence-corrected chi connectivity index (χ2v) is 5.19. The van der Waals surface area contributed by atoms with Crippen molar-refractivity contribution in [2.24, 2.45) is 5.92 Å². The third-order valence-electron chi connectivity index (χ3n) is 3.98. The Morgan fingerprint density at radius 3 is 2.39 bits per heavy atom. The van der Waals surface area contributed by atoms with Gasteiger partial charge in [0.2, 0.25) is 0 Å². The highest BCUT2D eigenvalue weighted by atomic mass is 17.3. The van der Waals surface area contributed by atoms with E-state index in [0.29, 0.717) is 0 Å². The maximum atomic E-state index is 5.98. The van der Waals surface area contributed by atoms with Crippen molar-refractivity contribution in [3.63, 3.8) is 0 Å². The van der Waals surface area contributed by atoms with Crippen molar-refractivity contribution in [2.75, 3.05) is 7.11 Å². The van der Waals surface area contributed by atoms with Crippen LogP contribution in [0.5, 0.6) is 0 Å². The Labute approximate surface area is 107 Å². The summed E-state index contributed by atoms with van der Waals surface area (Å²) >= 11 is 0. The fraction of sp³-hybridized carbons (Fsp3) is 0.571. The summed E-state index contributed by atoms with van der Waals surface area (Å²) in [5, 5.41) is 0. The molecule has 2 saturated heterocycles. The highest BCUT2D eigenvalue weighted by Crippen LogP contribution is 2.59. The van der Waals surface area contributed by atoms with E-state index in [2.05, 4.69) is 13.8 Å². The largest absolute Gasteiger partial charge is 0.346 e. The van der Waals surface area contributed by atoms with Crippen LogP contribution in [0.25, 0.3) is 0 Å². The van der Waals surface area contributed by atoms with E-state index in [4.69, 9.17) is 19.2 Å². The summed E-state index contributed by atoms with van der Waals surface area (Å²) in [5.41, 5.74) is 0.609. The normalized spacial score (nSPS) is 38.6. The van der Waals surface area contributed by atoms with Gasteiger partial charge in [0, 0.05) is 13.5 Å². The zero-order valence-corrected chi connectivity index (χ0v) is 10.9. The van der Waals surface area contributed by atoms with Crippen molar-refractivity contribution in [2.45, 2.75) is 37.9 Å². The van der Waals surface area contributed by atoms with Crippen molar-refractivity contribution in [3.05, 3.63) is 35.9 Å². The van der Waals surface area contributed by atoms with Crippen LogP contribution in [0.3, 0.4) is 0 Å². The standard InChI is InChI=1S/C14H18O4/c1-10(2)13-9-12(11-7-5-4-6-8-11)16-14(13,15-3)18-17-13/h4-8,10,12H,9H2,1-3H3. The summed E-state index contributed by atoms with van der Waals surface area (Å²) in [6.07, 6.45) is 0.679. The third-order valence-corrected chi connectivity index (χ3v) is 3.98. The van der Waals surface area contributed by atoms with Gasteiger partial charge in [0.25, 0.3) is 0 Å². The first kappa shape index (κ1) is 12.1. The highest BCUT2D eigenvalue weighted by Gasteiger charge is 2.74. The summed E-state index contributed by atoms with van der Waals surface area (Å²) < 4.78 is 11.4. The van der Waals surface area contributed by atoms with Gasteiger partial charge in [0.15, 0.2) is 5.60 Å². The number of benzene rings is 1. The van der Waals surface area contributed by atoms with Gasteiger partial charge in [-0.25, -0.2) is 4.89 Å². The molecule has 0 saturated carbocycles. The fourth-order valence-electron chi connectivity index (χ4n) is 2.79. The van der Waals surface area contributed by atoms with Crippen LogP contribution in [0, 0.1) is 5.92 Å². The van der Waals surface area contributed by atoms with Gasteiger partial charge in [-0.1, -0.05) is 44.2 Å². The summed E-state index contributed by atoms with van der Waals surface area (Å²) in [5.74, 6) is -0.804. The molecule has 18 heavy (non-hydrogen) atoms. The monoisotopic (exact) mass is 250 g/mol. The predicted octanol–water partition coefficient (Wildman–Crippen LogP) is 2.80.